The Balaban J connectivity index is 1.50. The van der Waals surface area contributed by atoms with Crippen molar-refractivity contribution in [1.29, 1.82) is 0 Å². The predicted octanol–water partition coefficient (Wildman–Crippen LogP) is 2.70. The van der Waals surface area contributed by atoms with Crippen LogP contribution in [-0.4, -0.2) is 38.8 Å². The van der Waals surface area contributed by atoms with E-state index in [1.807, 2.05) is 19.2 Å². The Morgan fingerprint density at radius 2 is 2.00 bits per heavy atom. The zero-order valence-electron chi connectivity index (χ0n) is 16.7. The minimum Gasteiger partial charge on any atom is -0.342 e. The number of aromatic nitrogens is 3. The van der Waals surface area contributed by atoms with Crippen LogP contribution >= 0.6 is 0 Å². The predicted molar refractivity (Wildman–Crippen MR) is 112 cm³/mol. The molecule has 1 atom stereocenters. The Hall–Kier alpha value is -3.28. The lowest BCUT2D eigenvalue weighted by Gasteiger charge is -2.32. The van der Waals surface area contributed by atoms with Crippen molar-refractivity contribution in [1.82, 2.24) is 19.9 Å². The summed E-state index contributed by atoms with van der Waals surface area (Å²) in [4.78, 5) is 38.7. The monoisotopic (exact) mass is 388 g/mol. The molecule has 29 heavy (non-hydrogen) atoms. The molecule has 3 aromatic rings. The number of pyridine rings is 1. The van der Waals surface area contributed by atoms with E-state index in [2.05, 4.69) is 33.2 Å². The third-order valence-electron chi connectivity index (χ3n) is 5.75. The molecule has 0 saturated carbocycles. The van der Waals surface area contributed by atoms with Crippen LogP contribution in [0.15, 0.2) is 53.6 Å². The summed E-state index contributed by atoms with van der Waals surface area (Å²) in [6, 6.07) is 12.2. The molecule has 6 nitrogen and oxygen atoms in total. The number of hydrogen-bond acceptors (Lipinski definition) is 4. The number of amides is 1. The number of carbonyl (C=O) groups excluding carboxylic acids is 1. The minimum absolute atomic E-state index is 0.0517. The summed E-state index contributed by atoms with van der Waals surface area (Å²) in [5, 5.41) is 0. The number of H-pyrrole nitrogens is 1. The standard InChI is InChI=1S/C23H24N4O2/c1-15-20(23(29)26-22(25-15)18-8-5-11-24-14-18)13-21(28)27(2)19-10-9-16-6-3-4-7-17(16)12-19/h3-8,11,14,19H,9-10,12-13H2,1-2H3,(H,25,26,29). The van der Waals surface area contributed by atoms with Crippen LogP contribution in [0.2, 0.25) is 0 Å². The number of hydrogen-bond donors (Lipinski definition) is 1. The molecule has 1 aliphatic carbocycles. The van der Waals surface area contributed by atoms with Crippen molar-refractivity contribution in [2.45, 2.75) is 38.6 Å². The molecule has 0 bridgehead atoms. The van der Waals surface area contributed by atoms with Gasteiger partial charge >= 0.3 is 0 Å². The van der Waals surface area contributed by atoms with E-state index in [1.54, 1.807) is 30.3 Å². The van der Waals surface area contributed by atoms with Crippen LogP contribution in [0.5, 0.6) is 0 Å². The van der Waals surface area contributed by atoms with Crippen molar-refractivity contribution in [2.24, 2.45) is 0 Å². The molecule has 2 heterocycles. The van der Waals surface area contributed by atoms with Crippen molar-refractivity contribution in [3.8, 4) is 11.4 Å². The van der Waals surface area contributed by atoms with Gasteiger partial charge in [0.25, 0.3) is 5.56 Å². The van der Waals surface area contributed by atoms with E-state index < -0.39 is 0 Å². The molecule has 1 unspecified atom stereocenters. The maximum Gasteiger partial charge on any atom is 0.255 e. The van der Waals surface area contributed by atoms with E-state index in [0.717, 1.165) is 24.8 Å². The fourth-order valence-corrected chi connectivity index (χ4v) is 3.95. The average molecular weight is 388 g/mol. The molecule has 2 aromatic heterocycles. The molecular weight excluding hydrogens is 364 g/mol. The number of carbonyl (C=O) groups is 1. The first-order valence-corrected chi connectivity index (χ1v) is 9.85. The van der Waals surface area contributed by atoms with Crippen LogP contribution in [0.25, 0.3) is 11.4 Å². The molecule has 0 aliphatic heterocycles. The molecule has 148 valence electrons. The van der Waals surface area contributed by atoms with Crippen LogP contribution < -0.4 is 5.56 Å². The van der Waals surface area contributed by atoms with E-state index >= 15 is 0 Å². The first-order chi connectivity index (χ1) is 14.0. The van der Waals surface area contributed by atoms with Crippen molar-refractivity contribution in [3.63, 3.8) is 0 Å². The van der Waals surface area contributed by atoms with Crippen molar-refractivity contribution in [2.75, 3.05) is 7.05 Å². The second-order valence-electron chi connectivity index (χ2n) is 7.57. The Labute approximate surface area is 169 Å². The number of benzene rings is 1. The largest absolute Gasteiger partial charge is 0.342 e. The first kappa shape index (κ1) is 19.1. The van der Waals surface area contributed by atoms with Gasteiger partial charge in [0.2, 0.25) is 5.91 Å². The molecule has 0 radical (unpaired) electrons. The summed E-state index contributed by atoms with van der Waals surface area (Å²) in [6.07, 6.45) is 6.13. The van der Waals surface area contributed by atoms with E-state index in [4.69, 9.17) is 0 Å². The summed E-state index contributed by atoms with van der Waals surface area (Å²) < 4.78 is 0. The smallest absolute Gasteiger partial charge is 0.255 e. The fourth-order valence-electron chi connectivity index (χ4n) is 3.95. The highest BCUT2D eigenvalue weighted by Gasteiger charge is 2.26. The van der Waals surface area contributed by atoms with E-state index in [-0.39, 0.29) is 23.9 Å². The summed E-state index contributed by atoms with van der Waals surface area (Å²) in [5.41, 5.74) is 4.14. The van der Waals surface area contributed by atoms with Gasteiger partial charge in [-0.1, -0.05) is 24.3 Å². The van der Waals surface area contributed by atoms with Crippen LogP contribution in [0, 0.1) is 6.92 Å². The number of nitrogens with zero attached hydrogens (tertiary/aromatic N) is 3. The van der Waals surface area contributed by atoms with Gasteiger partial charge in [-0.15, -0.1) is 0 Å². The molecule has 1 amide bonds. The Bertz CT molecular complexity index is 1090. The molecule has 1 aromatic carbocycles. The van der Waals surface area contributed by atoms with Gasteiger partial charge in [0.15, 0.2) is 0 Å². The number of nitrogens with one attached hydrogen (secondary N) is 1. The van der Waals surface area contributed by atoms with Crippen LogP contribution in [0.4, 0.5) is 0 Å². The van der Waals surface area contributed by atoms with Crippen LogP contribution in [0.3, 0.4) is 0 Å². The molecule has 1 aliphatic rings. The summed E-state index contributed by atoms with van der Waals surface area (Å²) in [6.45, 7) is 1.77. The zero-order chi connectivity index (χ0) is 20.4. The van der Waals surface area contributed by atoms with Gasteiger partial charge in [-0.2, -0.15) is 0 Å². The van der Waals surface area contributed by atoms with Crippen molar-refractivity contribution >= 4 is 5.91 Å². The van der Waals surface area contributed by atoms with Gasteiger partial charge in [-0.05, 0) is 49.4 Å². The lowest BCUT2D eigenvalue weighted by atomic mass is 9.87. The summed E-state index contributed by atoms with van der Waals surface area (Å²) in [5.74, 6) is 0.410. The minimum atomic E-state index is -0.271. The van der Waals surface area contributed by atoms with Crippen molar-refractivity contribution in [3.05, 3.63) is 81.5 Å². The van der Waals surface area contributed by atoms with Gasteiger partial charge in [-0.3, -0.25) is 14.6 Å². The fraction of sp³-hybridized carbons (Fsp3) is 0.304. The molecule has 0 saturated heterocycles. The first-order valence-electron chi connectivity index (χ1n) is 9.85. The second-order valence-corrected chi connectivity index (χ2v) is 7.57. The SMILES string of the molecule is Cc1nc(-c2cccnc2)[nH]c(=O)c1CC(=O)N(C)C1CCc2ccccc2C1. The molecule has 6 heteroatoms. The van der Waals surface area contributed by atoms with Crippen LogP contribution in [-0.2, 0) is 24.1 Å². The number of aryl methyl sites for hydroxylation is 2. The maximum absolute atomic E-state index is 12.9. The highest BCUT2D eigenvalue weighted by molar-refractivity contribution is 5.79. The number of fused-ring (bicyclic) bond motifs is 1. The number of likely N-dealkylation sites (N-methyl/N-ethyl adjacent to an activating group) is 1. The topological polar surface area (TPSA) is 79.0 Å². The van der Waals surface area contributed by atoms with E-state index in [9.17, 15) is 9.59 Å². The van der Waals surface area contributed by atoms with Crippen LogP contribution in [0.1, 0.15) is 28.8 Å². The molecule has 0 spiro atoms. The molecule has 1 N–H and O–H groups in total. The van der Waals surface area contributed by atoms with Gasteiger partial charge < -0.3 is 9.88 Å². The summed E-state index contributed by atoms with van der Waals surface area (Å²) >= 11 is 0. The highest BCUT2D eigenvalue weighted by Crippen LogP contribution is 2.24. The zero-order valence-corrected chi connectivity index (χ0v) is 16.7. The third-order valence-corrected chi connectivity index (χ3v) is 5.75. The number of aromatic amines is 1. The molecule has 4 rings (SSSR count). The second kappa shape index (κ2) is 7.99. The van der Waals surface area contributed by atoms with E-state index in [1.165, 1.54) is 11.1 Å². The number of rotatable bonds is 4. The van der Waals surface area contributed by atoms with Gasteiger partial charge in [-0.25, -0.2) is 4.98 Å². The van der Waals surface area contributed by atoms with Gasteiger partial charge in [0.1, 0.15) is 5.82 Å². The highest BCUT2D eigenvalue weighted by atomic mass is 16.2. The molecule has 0 fully saturated rings. The summed E-state index contributed by atoms with van der Waals surface area (Å²) in [7, 11) is 1.84. The van der Waals surface area contributed by atoms with E-state index in [0.29, 0.717) is 17.1 Å². The quantitative estimate of drug-likeness (QED) is 0.745. The lowest BCUT2D eigenvalue weighted by molar-refractivity contribution is -0.131. The lowest BCUT2D eigenvalue weighted by Crippen LogP contribution is -2.42. The van der Waals surface area contributed by atoms with Gasteiger partial charge in [0, 0.05) is 42.3 Å². The average Bonchev–Trinajstić information content (AvgIpc) is 2.75. The Morgan fingerprint density at radius 3 is 2.72 bits per heavy atom. The Morgan fingerprint density at radius 1 is 1.21 bits per heavy atom. The molecular formula is C23H24N4O2. The van der Waals surface area contributed by atoms with Crippen molar-refractivity contribution < 1.29 is 4.79 Å². The normalized spacial score (nSPS) is 15.6. The third kappa shape index (κ3) is 3.97. The Kier molecular flexibility index (Phi) is 5.25. The van der Waals surface area contributed by atoms with Gasteiger partial charge in [0.05, 0.1) is 6.42 Å². The maximum atomic E-state index is 12.9.